The molecule has 11 heteroatoms. The van der Waals surface area contributed by atoms with Crippen LogP contribution in [0.15, 0.2) is 35.2 Å². The van der Waals surface area contributed by atoms with Crippen LogP contribution in [0.2, 0.25) is 0 Å². The Morgan fingerprint density at radius 3 is 2.03 bits per heavy atom. The number of sulfonamides is 1. The van der Waals surface area contributed by atoms with E-state index in [0.717, 1.165) is 17.0 Å². The number of alkyl halides is 3. The second kappa shape index (κ2) is 9.02. The molecule has 0 aromatic heterocycles. The lowest BCUT2D eigenvalue weighted by atomic mass is 9.93. The maximum Gasteiger partial charge on any atom is 0.417 e. The van der Waals surface area contributed by atoms with Crippen molar-refractivity contribution in [1.82, 2.24) is 4.90 Å². The fourth-order valence-corrected chi connectivity index (χ4v) is 5.51. The van der Waals surface area contributed by atoms with E-state index in [4.69, 9.17) is 0 Å². The van der Waals surface area contributed by atoms with E-state index < -0.39 is 38.3 Å². The second-order valence-electron chi connectivity index (χ2n) is 9.40. The molecule has 7 nitrogen and oxygen atoms in total. The Bertz CT molecular complexity index is 1230. The van der Waals surface area contributed by atoms with Gasteiger partial charge in [-0.2, -0.15) is 13.2 Å². The van der Waals surface area contributed by atoms with Crippen LogP contribution in [0.4, 0.5) is 18.9 Å². The van der Waals surface area contributed by atoms with E-state index in [-0.39, 0.29) is 41.7 Å². The number of aromatic hydroxyl groups is 1. The zero-order chi connectivity index (χ0) is 26.5. The van der Waals surface area contributed by atoms with Gasteiger partial charge >= 0.3 is 6.18 Å². The van der Waals surface area contributed by atoms with Gasteiger partial charge in [0.05, 0.1) is 10.5 Å². The van der Waals surface area contributed by atoms with Crippen molar-refractivity contribution in [3.8, 4) is 5.75 Å². The first-order valence-corrected chi connectivity index (χ1v) is 12.6. The van der Waals surface area contributed by atoms with Crippen LogP contribution < -0.4 is 4.72 Å². The largest absolute Gasteiger partial charge is 0.507 e. The Morgan fingerprint density at radius 1 is 1.06 bits per heavy atom. The Morgan fingerprint density at radius 2 is 1.60 bits per heavy atom. The van der Waals surface area contributed by atoms with Gasteiger partial charge in [-0.25, -0.2) is 8.42 Å². The summed E-state index contributed by atoms with van der Waals surface area (Å²) in [6.45, 7) is 7.18. The minimum absolute atomic E-state index is 0.000557. The molecule has 2 aromatic carbocycles. The summed E-state index contributed by atoms with van der Waals surface area (Å²) >= 11 is 0. The summed E-state index contributed by atoms with van der Waals surface area (Å²) < 4.78 is 70.2. The van der Waals surface area contributed by atoms with Crippen LogP contribution in [0.5, 0.6) is 5.75 Å². The number of hydrogen-bond acceptors (Lipinski definition) is 5. The van der Waals surface area contributed by atoms with E-state index in [1.54, 1.807) is 27.7 Å². The summed E-state index contributed by atoms with van der Waals surface area (Å²) in [5, 5.41) is 21.5. The monoisotopic (exact) mass is 514 g/mol. The van der Waals surface area contributed by atoms with Crippen LogP contribution in [0.1, 0.15) is 74.6 Å². The first-order valence-electron chi connectivity index (χ1n) is 11.1. The number of carbonyl (C=O) groups is 1. The molecule has 192 valence electrons. The SMILES string of the molecule is CC(C)c1cc(NS(=O)(=O)c2cc(C3(O)CCC(=O)N3C)ccc2C(F)(F)F)cc(C(C)C)c1O. The van der Waals surface area contributed by atoms with Gasteiger partial charge < -0.3 is 15.1 Å². The smallest absolute Gasteiger partial charge is 0.417 e. The van der Waals surface area contributed by atoms with Gasteiger partial charge in [0, 0.05) is 31.1 Å². The molecule has 0 aliphatic carbocycles. The number of carbonyl (C=O) groups excluding carboxylic acids is 1. The number of phenols is 1. The highest BCUT2D eigenvalue weighted by Crippen LogP contribution is 2.42. The number of anilines is 1. The minimum Gasteiger partial charge on any atom is -0.507 e. The third kappa shape index (κ3) is 4.97. The zero-order valence-corrected chi connectivity index (χ0v) is 20.9. The summed E-state index contributed by atoms with van der Waals surface area (Å²) in [5.74, 6) is -0.778. The fourth-order valence-electron chi connectivity index (χ4n) is 4.22. The molecule has 1 heterocycles. The molecule has 1 atom stereocenters. The summed E-state index contributed by atoms with van der Waals surface area (Å²) in [7, 11) is -3.50. The number of phenolic OH excluding ortho intramolecular Hbond substituents is 1. The van der Waals surface area contributed by atoms with Gasteiger partial charge in [-0.05, 0) is 47.2 Å². The van der Waals surface area contributed by atoms with E-state index in [9.17, 15) is 36.6 Å². The van der Waals surface area contributed by atoms with Crippen LogP contribution in [-0.2, 0) is 26.7 Å². The average molecular weight is 515 g/mol. The maximum atomic E-state index is 13.8. The van der Waals surface area contributed by atoms with Crippen LogP contribution in [0.25, 0.3) is 0 Å². The van der Waals surface area contributed by atoms with E-state index in [0.29, 0.717) is 17.2 Å². The molecule has 1 fully saturated rings. The number of benzene rings is 2. The van der Waals surface area contributed by atoms with Crippen LogP contribution in [0, 0.1) is 0 Å². The van der Waals surface area contributed by atoms with Gasteiger partial charge in [0.1, 0.15) is 5.75 Å². The Kier molecular flexibility index (Phi) is 6.91. The lowest BCUT2D eigenvalue weighted by molar-refractivity contribution is -0.144. The number of nitrogens with one attached hydrogen (secondary N) is 1. The number of aliphatic hydroxyl groups is 1. The van der Waals surface area contributed by atoms with Crippen molar-refractivity contribution >= 4 is 21.6 Å². The molecule has 1 aliphatic rings. The second-order valence-corrected chi connectivity index (χ2v) is 11.0. The normalized spacial score (nSPS) is 19.2. The first-order chi connectivity index (χ1) is 16.0. The molecule has 2 aromatic rings. The van der Waals surface area contributed by atoms with Crippen molar-refractivity contribution in [2.24, 2.45) is 0 Å². The van der Waals surface area contributed by atoms with Gasteiger partial charge in [-0.15, -0.1) is 0 Å². The summed E-state index contributed by atoms with van der Waals surface area (Å²) in [5.41, 5.74) is -2.59. The topological polar surface area (TPSA) is 107 Å². The molecule has 1 amide bonds. The predicted molar refractivity (Wildman–Crippen MR) is 124 cm³/mol. The highest BCUT2D eigenvalue weighted by Gasteiger charge is 2.45. The van der Waals surface area contributed by atoms with Crippen molar-refractivity contribution in [2.75, 3.05) is 11.8 Å². The molecule has 35 heavy (non-hydrogen) atoms. The highest BCUT2D eigenvalue weighted by atomic mass is 32.2. The van der Waals surface area contributed by atoms with Crippen LogP contribution >= 0.6 is 0 Å². The van der Waals surface area contributed by atoms with E-state index in [1.165, 1.54) is 19.2 Å². The van der Waals surface area contributed by atoms with Gasteiger partial charge in [0.15, 0.2) is 5.72 Å². The van der Waals surface area contributed by atoms with Gasteiger partial charge in [0.2, 0.25) is 5.91 Å². The summed E-state index contributed by atoms with van der Waals surface area (Å²) in [6.07, 6.45) is -5.12. The van der Waals surface area contributed by atoms with Gasteiger partial charge in [-0.1, -0.05) is 33.8 Å². The molecule has 0 spiro atoms. The number of rotatable bonds is 6. The van der Waals surface area contributed by atoms with Crippen molar-refractivity contribution in [3.63, 3.8) is 0 Å². The Balaban J connectivity index is 2.17. The summed E-state index contributed by atoms with van der Waals surface area (Å²) in [6, 6.07) is 5.10. The van der Waals surface area contributed by atoms with E-state index in [1.807, 2.05) is 0 Å². The average Bonchev–Trinajstić information content (AvgIpc) is 3.01. The zero-order valence-electron chi connectivity index (χ0n) is 20.1. The lowest BCUT2D eigenvalue weighted by Crippen LogP contribution is -2.40. The third-order valence-corrected chi connectivity index (χ3v) is 7.74. The molecule has 1 unspecified atom stereocenters. The lowest BCUT2D eigenvalue weighted by Gasteiger charge is -2.31. The van der Waals surface area contributed by atoms with E-state index >= 15 is 0 Å². The van der Waals surface area contributed by atoms with E-state index in [2.05, 4.69) is 4.72 Å². The number of halogens is 3. The number of likely N-dealkylation sites (tertiary alicyclic amines) is 1. The van der Waals surface area contributed by atoms with Crippen molar-refractivity contribution in [2.45, 2.75) is 69.2 Å². The van der Waals surface area contributed by atoms with Crippen LogP contribution in [0.3, 0.4) is 0 Å². The molecular formula is C24H29F3N2O5S. The number of amides is 1. The first kappa shape index (κ1) is 26.8. The Labute approximate surface area is 202 Å². The third-order valence-electron chi connectivity index (χ3n) is 6.32. The fraction of sp³-hybridized carbons (Fsp3) is 0.458. The molecule has 3 rings (SSSR count). The summed E-state index contributed by atoms with van der Waals surface area (Å²) in [4.78, 5) is 11.9. The molecule has 0 bridgehead atoms. The molecular weight excluding hydrogens is 485 g/mol. The van der Waals surface area contributed by atoms with Crippen molar-refractivity contribution in [1.29, 1.82) is 0 Å². The molecule has 1 saturated heterocycles. The van der Waals surface area contributed by atoms with Gasteiger partial charge in [0.25, 0.3) is 10.0 Å². The maximum absolute atomic E-state index is 13.8. The number of nitrogens with zero attached hydrogens (tertiary/aromatic N) is 1. The van der Waals surface area contributed by atoms with Crippen LogP contribution in [-0.4, -0.2) is 36.5 Å². The van der Waals surface area contributed by atoms with Gasteiger partial charge in [-0.3, -0.25) is 9.52 Å². The molecule has 0 saturated carbocycles. The minimum atomic E-state index is -5.00. The van der Waals surface area contributed by atoms with Crippen molar-refractivity contribution < 1.29 is 36.6 Å². The number of hydrogen-bond donors (Lipinski definition) is 3. The quantitative estimate of drug-likeness (QED) is 0.478. The standard InChI is InChI=1S/C24H29F3N2O5S/c1-13(2)17-11-16(12-18(14(3)4)22(17)31)28-35(33,34)20-10-15(6-7-19(20)24(25,26)27)23(32)9-8-21(30)29(23)5/h6-7,10-14,28,31-32H,8-9H2,1-5H3. The van der Waals surface area contributed by atoms with Crippen molar-refractivity contribution in [3.05, 3.63) is 52.6 Å². The predicted octanol–water partition coefficient (Wildman–Crippen LogP) is 4.86. The molecule has 0 radical (unpaired) electrons. The molecule has 1 aliphatic heterocycles. The highest BCUT2D eigenvalue weighted by molar-refractivity contribution is 7.92. The Hall–Kier alpha value is -2.79. The molecule has 3 N–H and O–H groups in total.